The number of hydrogen-bond donors (Lipinski definition) is 4. The van der Waals surface area contributed by atoms with Crippen molar-refractivity contribution in [3.05, 3.63) is 95.1 Å². The van der Waals surface area contributed by atoms with E-state index in [0.717, 1.165) is 52.6 Å². The first kappa shape index (κ1) is 41.5. The number of piperidine rings is 1. The monoisotopic (exact) mass is 767 g/mol. The molecule has 0 aromatic heterocycles. The van der Waals surface area contributed by atoms with Crippen molar-refractivity contribution in [2.45, 2.75) is 147 Å². The van der Waals surface area contributed by atoms with Crippen LogP contribution in [0.2, 0.25) is 0 Å². The second-order valence-corrected chi connectivity index (χ2v) is 17.0. The van der Waals surface area contributed by atoms with Crippen LogP contribution in [0.1, 0.15) is 132 Å². The molecule has 4 N–H and O–H groups in total. The Bertz CT molecular complexity index is 1770. The highest BCUT2D eigenvalue weighted by atomic mass is 16.7. The highest BCUT2D eigenvalue weighted by molar-refractivity contribution is 5.82. The van der Waals surface area contributed by atoms with E-state index < -0.39 is 12.3 Å². The topological polar surface area (TPSA) is 137 Å². The lowest BCUT2D eigenvalue weighted by atomic mass is 9.75. The van der Waals surface area contributed by atoms with E-state index in [1.807, 2.05) is 69.3 Å². The first-order chi connectivity index (χ1) is 27.0. The molecule has 3 aromatic rings. The summed E-state index contributed by atoms with van der Waals surface area (Å²) in [7, 11) is 0. The summed E-state index contributed by atoms with van der Waals surface area (Å²) in [5, 5.41) is 24.8. The maximum atomic E-state index is 13.8. The Hall–Kier alpha value is -4.09. The van der Waals surface area contributed by atoms with Gasteiger partial charge in [-0.25, -0.2) is 0 Å². The molecule has 10 nitrogen and oxygen atoms in total. The number of nitrogens with one attached hydrogen (secondary N) is 2. The minimum atomic E-state index is -0.806. The molecule has 10 heteroatoms. The van der Waals surface area contributed by atoms with E-state index in [4.69, 9.17) is 14.6 Å². The smallest absolute Gasteiger partial charge is 0.303 e. The quantitative estimate of drug-likeness (QED) is 0.114. The van der Waals surface area contributed by atoms with Crippen LogP contribution in [-0.4, -0.2) is 63.2 Å². The van der Waals surface area contributed by atoms with Gasteiger partial charge in [-0.2, -0.15) is 0 Å². The van der Waals surface area contributed by atoms with Crippen LogP contribution in [0.5, 0.6) is 0 Å². The molecule has 6 rings (SSSR count). The normalized spacial score (nSPS) is 24.2. The fraction of sp³-hybridized carbons (Fsp3) is 0.543. The van der Waals surface area contributed by atoms with E-state index in [-0.39, 0.29) is 48.6 Å². The highest BCUT2D eigenvalue weighted by Crippen LogP contribution is 2.42. The number of hydrogen-bond acceptors (Lipinski definition) is 7. The van der Waals surface area contributed by atoms with Crippen LogP contribution in [-0.2, 0) is 37.0 Å². The summed E-state index contributed by atoms with van der Waals surface area (Å²) in [6.45, 7) is 7.15. The van der Waals surface area contributed by atoms with Crippen LogP contribution in [0.3, 0.4) is 0 Å². The van der Waals surface area contributed by atoms with Crippen LogP contribution in [0.25, 0.3) is 11.1 Å². The van der Waals surface area contributed by atoms with Crippen molar-refractivity contribution in [2.24, 2.45) is 5.92 Å². The Morgan fingerprint density at radius 1 is 0.804 bits per heavy atom. The van der Waals surface area contributed by atoms with Gasteiger partial charge in [-0.15, -0.1) is 0 Å². The van der Waals surface area contributed by atoms with E-state index in [1.165, 1.54) is 19.3 Å². The third kappa shape index (κ3) is 11.5. The lowest BCUT2D eigenvalue weighted by Crippen LogP contribution is -2.61. The Morgan fingerprint density at radius 3 is 2.29 bits per heavy atom. The number of ether oxygens (including phenoxy) is 2. The molecular formula is C46H61N3O7. The molecule has 6 atom stereocenters. The number of carbonyl (C=O) groups is 3. The second kappa shape index (κ2) is 19.4. The average Bonchev–Trinajstić information content (AvgIpc) is 3.19. The van der Waals surface area contributed by atoms with Crippen LogP contribution in [0.4, 0.5) is 0 Å². The van der Waals surface area contributed by atoms with Gasteiger partial charge < -0.3 is 30.3 Å². The molecule has 3 aliphatic rings. The van der Waals surface area contributed by atoms with Crippen molar-refractivity contribution in [3.8, 4) is 11.1 Å². The van der Waals surface area contributed by atoms with Gasteiger partial charge in [0.1, 0.15) is 0 Å². The van der Waals surface area contributed by atoms with Crippen molar-refractivity contribution in [1.82, 2.24) is 15.5 Å². The van der Waals surface area contributed by atoms with Gasteiger partial charge >= 0.3 is 5.97 Å². The fourth-order valence-corrected chi connectivity index (χ4v) is 8.75. The molecule has 2 aliphatic heterocycles. The SMILES string of the molecule is CC(C)(C)NC(=O)[C@H]1CC[C@H]2CCCC[C@H]2N1C[C@@H]1C[C@H](c2ccc(CO)cc2)O[C@H](c2cccc(-c3cccc(CNC(=O)CCCCCC(=O)O)c3)c2)O1. The molecule has 56 heavy (non-hydrogen) atoms. The number of unbranched alkanes of at least 4 members (excludes halogenated alkanes) is 2. The molecule has 2 heterocycles. The molecule has 1 aliphatic carbocycles. The molecule has 0 spiro atoms. The lowest BCUT2D eigenvalue weighted by Gasteiger charge is -2.50. The minimum Gasteiger partial charge on any atom is -0.481 e. The standard InChI is InChI=1S/C46H61N3O7/c1-46(2,3)48-44(54)40-24-23-33-12-7-8-16-39(33)49(40)29-38-27-41(34-21-19-31(30-50)20-22-34)56-45(55-38)37-15-10-14-36(26-37)35-13-9-11-32(25-35)28-47-42(51)17-5-4-6-18-43(52)53/h9-11,13-15,19-22,25-26,33,38-41,45,50H,4-8,12,16-18,23-24,27-30H2,1-3H3,(H,47,51)(H,48,54)(H,52,53)/t33-,38+,39-,40-,41-,45-/m1/s1. The van der Waals surface area contributed by atoms with Gasteiger partial charge in [-0.3, -0.25) is 19.3 Å². The van der Waals surface area contributed by atoms with Gasteiger partial charge in [0.05, 0.1) is 24.9 Å². The van der Waals surface area contributed by atoms with Crippen molar-refractivity contribution in [1.29, 1.82) is 0 Å². The number of carboxylic acids is 1. The number of benzene rings is 3. The van der Waals surface area contributed by atoms with Gasteiger partial charge in [0.25, 0.3) is 0 Å². The van der Waals surface area contributed by atoms with Crippen molar-refractivity contribution in [2.75, 3.05) is 6.54 Å². The van der Waals surface area contributed by atoms with E-state index in [1.54, 1.807) is 0 Å². The van der Waals surface area contributed by atoms with Gasteiger partial charge in [-0.1, -0.05) is 79.9 Å². The van der Waals surface area contributed by atoms with Crippen molar-refractivity contribution >= 4 is 17.8 Å². The van der Waals surface area contributed by atoms with Crippen molar-refractivity contribution in [3.63, 3.8) is 0 Å². The van der Waals surface area contributed by atoms with E-state index in [2.05, 4.69) is 39.8 Å². The molecule has 0 unspecified atom stereocenters. The Balaban J connectivity index is 1.20. The number of amides is 2. The summed E-state index contributed by atoms with van der Waals surface area (Å²) >= 11 is 0. The van der Waals surface area contributed by atoms with Gasteiger partial charge in [0, 0.05) is 49.5 Å². The zero-order valence-corrected chi connectivity index (χ0v) is 33.4. The summed E-state index contributed by atoms with van der Waals surface area (Å²) in [6, 6.07) is 24.5. The summed E-state index contributed by atoms with van der Waals surface area (Å²) in [5.74, 6) is -0.155. The highest BCUT2D eigenvalue weighted by Gasteiger charge is 2.44. The molecule has 1 saturated carbocycles. The summed E-state index contributed by atoms with van der Waals surface area (Å²) in [6.07, 6.45) is 8.72. The van der Waals surface area contributed by atoms with E-state index in [9.17, 15) is 19.5 Å². The van der Waals surface area contributed by atoms with Gasteiger partial charge in [0.2, 0.25) is 11.8 Å². The molecule has 2 amide bonds. The number of aliphatic carboxylic acids is 1. The second-order valence-electron chi connectivity index (χ2n) is 17.0. The van der Waals surface area contributed by atoms with Gasteiger partial charge in [-0.05, 0) is 105 Å². The zero-order chi connectivity index (χ0) is 39.7. The summed E-state index contributed by atoms with van der Waals surface area (Å²) < 4.78 is 13.7. The van der Waals surface area contributed by atoms with E-state index in [0.29, 0.717) is 57.2 Å². The third-order valence-corrected chi connectivity index (χ3v) is 11.5. The lowest BCUT2D eigenvalue weighted by molar-refractivity contribution is -0.255. The number of aliphatic hydroxyl groups is 1. The molecule has 3 aromatic carbocycles. The summed E-state index contributed by atoms with van der Waals surface area (Å²) in [5.41, 5.74) is 5.47. The molecule has 0 radical (unpaired) electrons. The zero-order valence-electron chi connectivity index (χ0n) is 33.4. The van der Waals surface area contributed by atoms with Crippen LogP contribution < -0.4 is 10.6 Å². The maximum absolute atomic E-state index is 13.8. The molecule has 2 saturated heterocycles. The Morgan fingerprint density at radius 2 is 1.54 bits per heavy atom. The molecule has 302 valence electrons. The minimum absolute atomic E-state index is 0.0216. The molecular weight excluding hydrogens is 707 g/mol. The predicted octanol–water partition coefficient (Wildman–Crippen LogP) is 7.98. The number of aliphatic hydroxyl groups excluding tert-OH is 1. The first-order valence-electron chi connectivity index (χ1n) is 20.7. The maximum Gasteiger partial charge on any atom is 0.303 e. The van der Waals surface area contributed by atoms with Crippen LogP contribution in [0, 0.1) is 5.92 Å². The Labute approximate surface area is 332 Å². The number of fused-ring (bicyclic) bond motifs is 1. The third-order valence-electron chi connectivity index (χ3n) is 11.5. The number of rotatable bonds is 15. The number of nitrogens with zero attached hydrogens (tertiary/aromatic N) is 1. The van der Waals surface area contributed by atoms with Crippen LogP contribution >= 0.6 is 0 Å². The summed E-state index contributed by atoms with van der Waals surface area (Å²) in [4.78, 5) is 39.6. The van der Waals surface area contributed by atoms with E-state index >= 15 is 0 Å². The predicted molar refractivity (Wildman–Crippen MR) is 216 cm³/mol. The first-order valence-corrected chi connectivity index (χ1v) is 20.7. The Kier molecular flexibility index (Phi) is 14.4. The fourth-order valence-electron chi connectivity index (χ4n) is 8.75. The van der Waals surface area contributed by atoms with Gasteiger partial charge in [0.15, 0.2) is 6.29 Å². The number of likely N-dealkylation sites (tertiary alicyclic amines) is 1. The molecule has 0 bridgehead atoms. The average molecular weight is 768 g/mol. The van der Waals surface area contributed by atoms with Crippen molar-refractivity contribution < 1.29 is 34.1 Å². The number of carbonyl (C=O) groups excluding carboxylic acids is 2. The largest absolute Gasteiger partial charge is 0.481 e. The molecule has 3 fully saturated rings. The van der Waals surface area contributed by atoms with Crippen LogP contribution in [0.15, 0.2) is 72.8 Å². The number of carboxylic acid groups (broad SMARTS) is 1.